The van der Waals surface area contributed by atoms with E-state index in [1.165, 1.54) is 0 Å². The van der Waals surface area contributed by atoms with Gasteiger partial charge in [-0.05, 0) is 32.9 Å². The quantitative estimate of drug-likeness (QED) is 0.765. The number of nitrogens with one attached hydrogen (secondary N) is 1. The van der Waals surface area contributed by atoms with E-state index in [2.05, 4.69) is 5.32 Å². The van der Waals surface area contributed by atoms with Gasteiger partial charge in [-0.1, -0.05) is 0 Å². The van der Waals surface area contributed by atoms with Gasteiger partial charge in [0.15, 0.2) is 0 Å². The zero-order valence-corrected chi connectivity index (χ0v) is 10.1. The Hall–Kier alpha value is -0.820. The molecule has 2 aliphatic rings. The summed E-state index contributed by atoms with van der Waals surface area (Å²) >= 11 is 0. The van der Waals surface area contributed by atoms with Crippen molar-refractivity contribution in [3.05, 3.63) is 0 Å². The minimum Gasteiger partial charge on any atom is -0.390 e. The molecule has 0 aromatic carbocycles. The second-order valence-electron chi connectivity index (χ2n) is 5.28. The number of aliphatic hydroxyl groups excluding tert-OH is 1. The number of likely N-dealkylation sites (tertiary alicyclic amines) is 1. The van der Waals surface area contributed by atoms with Crippen LogP contribution in [0.3, 0.4) is 0 Å². The number of likely N-dealkylation sites (N-methyl/N-ethyl adjacent to an activating group) is 1. The Morgan fingerprint density at radius 1 is 1.44 bits per heavy atom. The fourth-order valence-electron chi connectivity index (χ4n) is 2.33. The van der Waals surface area contributed by atoms with Gasteiger partial charge in [-0.25, -0.2) is 0 Å². The Bertz CT molecular complexity index is 342. The zero-order chi connectivity index (χ0) is 13.6. The molecule has 2 rings (SSSR count). The molecule has 1 saturated carbocycles. The molecule has 1 amide bonds. The van der Waals surface area contributed by atoms with Crippen LogP contribution in [0.4, 0.5) is 13.2 Å². The second-order valence-corrected chi connectivity index (χ2v) is 5.28. The number of β-amino-alcohol motifs (C(OH)–C–C–N with tert-alkyl or cyclic N) is 1. The van der Waals surface area contributed by atoms with Crippen molar-refractivity contribution in [3.63, 3.8) is 0 Å². The van der Waals surface area contributed by atoms with Crippen LogP contribution < -0.4 is 5.32 Å². The monoisotopic (exact) mass is 266 g/mol. The van der Waals surface area contributed by atoms with Crippen molar-refractivity contribution in [2.24, 2.45) is 5.41 Å². The van der Waals surface area contributed by atoms with Gasteiger partial charge in [0.2, 0.25) is 5.91 Å². The number of hydrogen-bond donors (Lipinski definition) is 2. The number of halogens is 3. The Balaban J connectivity index is 1.96. The summed E-state index contributed by atoms with van der Waals surface area (Å²) in [7, 11) is 1.82. The lowest BCUT2D eigenvalue weighted by Crippen LogP contribution is -2.55. The normalized spacial score (nSPS) is 32.1. The number of hydrogen-bond acceptors (Lipinski definition) is 3. The van der Waals surface area contributed by atoms with Crippen LogP contribution >= 0.6 is 0 Å². The molecule has 1 heterocycles. The highest BCUT2D eigenvalue weighted by Crippen LogP contribution is 2.57. The van der Waals surface area contributed by atoms with Gasteiger partial charge in [0.05, 0.1) is 12.1 Å². The minimum atomic E-state index is -4.49. The van der Waals surface area contributed by atoms with Gasteiger partial charge in [0, 0.05) is 6.54 Å². The van der Waals surface area contributed by atoms with E-state index in [1.54, 1.807) is 0 Å². The number of piperidine rings is 1. The molecule has 2 fully saturated rings. The van der Waals surface area contributed by atoms with Crippen LogP contribution in [-0.4, -0.2) is 54.4 Å². The first-order chi connectivity index (χ1) is 8.26. The number of aliphatic hydroxyl groups is 1. The molecule has 0 aromatic heterocycles. The van der Waals surface area contributed by atoms with Crippen LogP contribution in [0.2, 0.25) is 0 Å². The lowest BCUT2D eigenvalue weighted by Gasteiger charge is -2.35. The Morgan fingerprint density at radius 2 is 2.06 bits per heavy atom. The number of nitrogens with zero attached hydrogens (tertiary/aromatic N) is 1. The summed E-state index contributed by atoms with van der Waals surface area (Å²) in [5.74, 6) is -0.983. The fourth-order valence-corrected chi connectivity index (χ4v) is 2.33. The summed E-state index contributed by atoms with van der Waals surface area (Å²) in [6.45, 7) is 1.02. The molecular weight excluding hydrogens is 249 g/mol. The van der Waals surface area contributed by atoms with Crippen LogP contribution in [-0.2, 0) is 4.79 Å². The highest BCUT2D eigenvalue weighted by molar-refractivity contribution is 5.86. The predicted octanol–water partition coefficient (Wildman–Crippen LogP) is 0.510. The second kappa shape index (κ2) is 4.38. The molecule has 0 aromatic rings. The standard InChI is InChI=1S/C11H17F3N2O2/c1-16-5-2-7(8(17)6-16)15-9(18)10(3-4-10)11(12,13)14/h7-8,17H,2-6H2,1H3,(H,15,18). The lowest BCUT2D eigenvalue weighted by atomic mass is 9.99. The molecule has 4 nitrogen and oxygen atoms in total. The van der Waals surface area contributed by atoms with Crippen molar-refractivity contribution >= 4 is 5.91 Å². The summed E-state index contributed by atoms with van der Waals surface area (Å²) in [6, 6.07) is -0.575. The van der Waals surface area contributed by atoms with Crippen LogP contribution in [0, 0.1) is 5.41 Å². The van der Waals surface area contributed by atoms with Crippen LogP contribution in [0.1, 0.15) is 19.3 Å². The number of carbonyl (C=O) groups excluding carboxylic acids is 1. The van der Waals surface area contributed by atoms with Crippen LogP contribution in [0.25, 0.3) is 0 Å². The molecule has 1 aliphatic heterocycles. The van der Waals surface area contributed by atoms with E-state index >= 15 is 0 Å². The van der Waals surface area contributed by atoms with E-state index < -0.39 is 29.6 Å². The third kappa shape index (κ3) is 2.33. The first kappa shape index (κ1) is 13.6. The first-order valence-electron chi connectivity index (χ1n) is 6.00. The summed E-state index contributed by atoms with van der Waals surface area (Å²) < 4.78 is 38.2. The van der Waals surface area contributed by atoms with Crippen molar-refractivity contribution in [1.82, 2.24) is 10.2 Å². The van der Waals surface area contributed by atoms with Crippen molar-refractivity contribution in [2.75, 3.05) is 20.1 Å². The summed E-state index contributed by atoms with van der Waals surface area (Å²) in [6.07, 6.45) is -5.13. The average molecular weight is 266 g/mol. The predicted molar refractivity (Wildman–Crippen MR) is 57.8 cm³/mol. The van der Waals surface area contributed by atoms with E-state index in [4.69, 9.17) is 0 Å². The molecule has 2 N–H and O–H groups in total. The molecule has 0 radical (unpaired) electrons. The van der Waals surface area contributed by atoms with E-state index in [0.29, 0.717) is 19.5 Å². The molecule has 0 spiro atoms. The van der Waals surface area contributed by atoms with E-state index in [1.807, 2.05) is 11.9 Å². The van der Waals surface area contributed by atoms with Crippen molar-refractivity contribution < 1.29 is 23.1 Å². The van der Waals surface area contributed by atoms with E-state index in [-0.39, 0.29) is 12.8 Å². The molecule has 1 saturated heterocycles. The maximum absolute atomic E-state index is 12.7. The largest absolute Gasteiger partial charge is 0.403 e. The Morgan fingerprint density at radius 3 is 2.50 bits per heavy atom. The van der Waals surface area contributed by atoms with Crippen molar-refractivity contribution in [1.29, 1.82) is 0 Å². The SMILES string of the molecule is CN1CCC(NC(=O)C2(C(F)(F)F)CC2)C(O)C1. The summed E-state index contributed by atoms with van der Waals surface area (Å²) in [5, 5.41) is 12.1. The smallest absolute Gasteiger partial charge is 0.390 e. The molecule has 18 heavy (non-hydrogen) atoms. The summed E-state index contributed by atoms with van der Waals surface area (Å²) in [4.78, 5) is 13.6. The minimum absolute atomic E-state index is 0.148. The van der Waals surface area contributed by atoms with Gasteiger partial charge < -0.3 is 15.3 Å². The highest BCUT2D eigenvalue weighted by Gasteiger charge is 2.68. The van der Waals surface area contributed by atoms with Gasteiger partial charge in [-0.2, -0.15) is 13.2 Å². The zero-order valence-electron chi connectivity index (χ0n) is 10.1. The first-order valence-corrected chi connectivity index (χ1v) is 6.00. The molecular formula is C11H17F3N2O2. The van der Waals surface area contributed by atoms with Gasteiger partial charge in [-0.15, -0.1) is 0 Å². The fraction of sp³-hybridized carbons (Fsp3) is 0.909. The van der Waals surface area contributed by atoms with Gasteiger partial charge in [-0.3, -0.25) is 4.79 Å². The van der Waals surface area contributed by atoms with E-state index in [0.717, 1.165) is 0 Å². The molecule has 2 unspecified atom stereocenters. The van der Waals surface area contributed by atoms with Gasteiger partial charge in [0.25, 0.3) is 0 Å². The maximum atomic E-state index is 12.7. The molecule has 2 atom stereocenters. The third-order valence-electron chi connectivity index (χ3n) is 3.83. The average Bonchev–Trinajstić information content (AvgIpc) is 3.01. The van der Waals surface area contributed by atoms with Crippen LogP contribution in [0.15, 0.2) is 0 Å². The van der Waals surface area contributed by atoms with Crippen LogP contribution in [0.5, 0.6) is 0 Å². The number of alkyl halides is 3. The van der Waals surface area contributed by atoms with Gasteiger partial charge in [0.1, 0.15) is 5.41 Å². The third-order valence-corrected chi connectivity index (χ3v) is 3.83. The topological polar surface area (TPSA) is 52.6 Å². The van der Waals surface area contributed by atoms with Crippen molar-refractivity contribution in [3.8, 4) is 0 Å². The molecule has 0 bridgehead atoms. The molecule has 104 valence electrons. The van der Waals surface area contributed by atoms with Gasteiger partial charge >= 0.3 is 6.18 Å². The number of amides is 1. The maximum Gasteiger partial charge on any atom is 0.403 e. The summed E-state index contributed by atoms with van der Waals surface area (Å²) in [5.41, 5.74) is -2.20. The Kier molecular flexibility index (Phi) is 3.31. The molecule has 7 heteroatoms. The number of carbonyl (C=O) groups is 1. The highest BCUT2D eigenvalue weighted by atomic mass is 19.4. The van der Waals surface area contributed by atoms with Crippen molar-refractivity contribution in [2.45, 2.75) is 37.6 Å². The number of rotatable bonds is 2. The van der Waals surface area contributed by atoms with E-state index in [9.17, 15) is 23.1 Å². The Labute approximate surface area is 103 Å². The lowest BCUT2D eigenvalue weighted by molar-refractivity contribution is -0.193. The molecule has 1 aliphatic carbocycles.